The van der Waals surface area contributed by atoms with E-state index in [1.807, 2.05) is 17.5 Å². The van der Waals surface area contributed by atoms with Gasteiger partial charge in [0.15, 0.2) is 0 Å². The van der Waals surface area contributed by atoms with Crippen LogP contribution in [0.4, 0.5) is 0 Å². The first-order valence-corrected chi connectivity index (χ1v) is 5.67. The predicted octanol–water partition coefficient (Wildman–Crippen LogP) is 2.02. The minimum atomic E-state index is -0.398. The Kier molecular flexibility index (Phi) is 4.83. The van der Waals surface area contributed by atoms with E-state index in [9.17, 15) is 0 Å². The van der Waals surface area contributed by atoms with Gasteiger partial charge < -0.3 is 9.84 Å². The molecule has 1 rings (SSSR count). The van der Waals surface area contributed by atoms with Crippen LogP contribution < -0.4 is 0 Å². The molecule has 0 bridgehead atoms. The molecule has 68 valence electrons. The van der Waals surface area contributed by atoms with E-state index in [0.29, 0.717) is 18.5 Å². The van der Waals surface area contributed by atoms with Crippen molar-refractivity contribution in [2.75, 3.05) is 11.9 Å². The van der Waals surface area contributed by atoms with Gasteiger partial charge in [-0.3, -0.25) is 0 Å². The van der Waals surface area contributed by atoms with Crippen LogP contribution in [0.5, 0.6) is 0 Å². The largest absolute Gasteiger partial charge is 0.390 e. The molecular weight excluding hydrogens is 240 g/mol. The molecule has 2 nitrogen and oxygen atoms in total. The van der Waals surface area contributed by atoms with E-state index in [2.05, 4.69) is 15.9 Å². The summed E-state index contributed by atoms with van der Waals surface area (Å²) in [6.45, 7) is 0.991. The van der Waals surface area contributed by atoms with Crippen molar-refractivity contribution < 1.29 is 9.84 Å². The Morgan fingerprint density at radius 3 is 3.08 bits per heavy atom. The summed E-state index contributed by atoms with van der Waals surface area (Å²) in [6.07, 6.45) is -0.398. The standard InChI is InChI=1S/C8H11BrO2S/c9-4-7(10)5-11-6-8-2-1-3-12-8/h1-3,7,10H,4-6H2. The van der Waals surface area contributed by atoms with Crippen molar-refractivity contribution in [1.82, 2.24) is 0 Å². The number of thiophene rings is 1. The van der Waals surface area contributed by atoms with Crippen LogP contribution in [0.1, 0.15) is 4.88 Å². The van der Waals surface area contributed by atoms with E-state index < -0.39 is 6.10 Å². The van der Waals surface area contributed by atoms with Gasteiger partial charge in [0, 0.05) is 10.2 Å². The smallest absolute Gasteiger partial charge is 0.0870 e. The zero-order valence-electron chi connectivity index (χ0n) is 6.57. The number of aliphatic hydroxyl groups excluding tert-OH is 1. The summed E-state index contributed by atoms with van der Waals surface area (Å²) in [5.74, 6) is 0. The van der Waals surface area contributed by atoms with Crippen molar-refractivity contribution in [3.8, 4) is 0 Å². The molecule has 0 saturated heterocycles. The highest BCUT2D eigenvalue weighted by atomic mass is 79.9. The SMILES string of the molecule is OC(CBr)COCc1cccs1. The Hall–Kier alpha value is 0.100. The predicted molar refractivity (Wildman–Crippen MR) is 53.8 cm³/mol. The summed E-state index contributed by atoms with van der Waals surface area (Å²) in [4.78, 5) is 1.19. The molecule has 4 heteroatoms. The summed E-state index contributed by atoms with van der Waals surface area (Å²) in [5.41, 5.74) is 0. The van der Waals surface area contributed by atoms with E-state index >= 15 is 0 Å². The number of rotatable bonds is 5. The fourth-order valence-electron chi connectivity index (χ4n) is 0.735. The highest BCUT2D eigenvalue weighted by molar-refractivity contribution is 9.09. The second-order valence-electron chi connectivity index (χ2n) is 2.40. The second-order valence-corrected chi connectivity index (χ2v) is 4.08. The van der Waals surface area contributed by atoms with Gasteiger partial charge in [0.1, 0.15) is 0 Å². The van der Waals surface area contributed by atoms with Crippen molar-refractivity contribution >= 4 is 27.3 Å². The number of alkyl halides is 1. The van der Waals surface area contributed by atoms with Crippen LogP contribution in [-0.4, -0.2) is 23.1 Å². The van der Waals surface area contributed by atoms with Crippen molar-refractivity contribution in [1.29, 1.82) is 0 Å². The first-order valence-electron chi connectivity index (χ1n) is 3.67. The lowest BCUT2D eigenvalue weighted by Gasteiger charge is -2.06. The Morgan fingerprint density at radius 1 is 1.67 bits per heavy atom. The summed E-state index contributed by atoms with van der Waals surface area (Å²) < 4.78 is 5.26. The molecule has 1 aromatic heterocycles. The average molecular weight is 251 g/mol. The number of aliphatic hydroxyl groups is 1. The van der Waals surface area contributed by atoms with Crippen molar-refractivity contribution in [2.45, 2.75) is 12.7 Å². The van der Waals surface area contributed by atoms with Crippen LogP contribution in [0, 0.1) is 0 Å². The van der Waals surface area contributed by atoms with Gasteiger partial charge in [-0.25, -0.2) is 0 Å². The maximum absolute atomic E-state index is 9.12. The first kappa shape index (κ1) is 10.2. The molecule has 0 saturated carbocycles. The molecule has 0 aliphatic heterocycles. The maximum Gasteiger partial charge on any atom is 0.0870 e. The normalized spacial score (nSPS) is 13.2. The summed E-state index contributed by atoms with van der Waals surface area (Å²) in [7, 11) is 0. The molecule has 1 N–H and O–H groups in total. The lowest BCUT2D eigenvalue weighted by atomic mass is 10.4. The van der Waals surface area contributed by atoms with Gasteiger partial charge in [0.2, 0.25) is 0 Å². The Balaban J connectivity index is 2.11. The molecule has 0 aromatic carbocycles. The van der Waals surface area contributed by atoms with Crippen molar-refractivity contribution in [3.63, 3.8) is 0 Å². The minimum Gasteiger partial charge on any atom is -0.390 e. The van der Waals surface area contributed by atoms with Crippen LogP contribution in [0.3, 0.4) is 0 Å². The van der Waals surface area contributed by atoms with Crippen LogP contribution in [0.2, 0.25) is 0 Å². The molecule has 0 aliphatic carbocycles. The Labute approximate surface area is 84.3 Å². The Bertz CT molecular complexity index is 201. The van der Waals surface area contributed by atoms with Crippen LogP contribution >= 0.6 is 27.3 Å². The van der Waals surface area contributed by atoms with Gasteiger partial charge in [0.25, 0.3) is 0 Å². The van der Waals surface area contributed by atoms with E-state index in [1.165, 1.54) is 4.88 Å². The zero-order chi connectivity index (χ0) is 8.81. The molecule has 1 heterocycles. The van der Waals surface area contributed by atoms with E-state index in [-0.39, 0.29) is 0 Å². The van der Waals surface area contributed by atoms with Gasteiger partial charge >= 0.3 is 0 Å². The molecular formula is C8H11BrO2S. The van der Waals surface area contributed by atoms with Gasteiger partial charge in [-0.1, -0.05) is 22.0 Å². The van der Waals surface area contributed by atoms with Crippen LogP contribution in [-0.2, 0) is 11.3 Å². The zero-order valence-corrected chi connectivity index (χ0v) is 8.97. The lowest BCUT2D eigenvalue weighted by molar-refractivity contribution is 0.0414. The topological polar surface area (TPSA) is 29.5 Å². The summed E-state index contributed by atoms with van der Waals surface area (Å²) in [5, 5.41) is 11.7. The van der Waals surface area contributed by atoms with Gasteiger partial charge in [0.05, 0.1) is 19.3 Å². The second kappa shape index (κ2) is 5.70. The third kappa shape index (κ3) is 3.67. The third-order valence-corrected chi connectivity index (χ3v) is 2.91. The molecule has 0 aliphatic rings. The molecule has 0 fully saturated rings. The maximum atomic E-state index is 9.12. The van der Waals surface area contributed by atoms with Crippen molar-refractivity contribution in [3.05, 3.63) is 22.4 Å². The monoisotopic (exact) mass is 250 g/mol. The molecule has 0 amide bonds. The van der Waals surface area contributed by atoms with E-state index in [1.54, 1.807) is 11.3 Å². The molecule has 1 atom stereocenters. The fourth-order valence-corrected chi connectivity index (χ4v) is 1.56. The van der Waals surface area contributed by atoms with Gasteiger partial charge in [-0.15, -0.1) is 11.3 Å². The first-order chi connectivity index (χ1) is 5.83. The van der Waals surface area contributed by atoms with Crippen molar-refractivity contribution in [2.24, 2.45) is 0 Å². The number of hydrogen-bond donors (Lipinski definition) is 1. The average Bonchev–Trinajstić information content (AvgIpc) is 2.57. The highest BCUT2D eigenvalue weighted by Gasteiger charge is 2.01. The quantitative estimate of drug-likeness (QED) is 0.811. The van der Waals surface area contributed by atoms with Crippen LogP contribution in [0.15, 0.2) is 17.5 Å². The number of ether oxygens (including phenoxy) is 1. The fraction of sp³-hybridized carbons (Fsp3) is 0.500. The van der Waals surface area contributed by atoms with Crippen LogP contribution in [0.25, 0.3) is 0 Å². The van der Waals surface area contributed by atoms with E-state index in [4.69, 9.17) is 9.84 Å². The molecule has 0 radical (unpaired) electrons. The highest BCUT2D eigenvalue weighted by Crippen LogP contribution is 2.09. The lowest BCUT2D eigenvalue weighted by Crippen LogP contribution is -2.16. The van der Waals surface area contributed by atoms with Gasteiger partial charge in [-0.05, 0) is 11.4 Å². The molecule has 12 heavy (non-hydrogen) atoms. The Morgan fingerprint density at radius 2 is 2.50 bits per heavy atom. The summed E-state index contributed by atoms with van der Waals surface area (Å²) >= 11 is 4.83. The molecule has 0 spiro atoms. The third-order valence-electron chi connectivity index (χ3n) is 1.31. The van der Waals surface area contributed by atoms with Gasteiger partial charge in [-0.2, -0.15) is 0 Å². The van der Waals surface area contributed by atoms with E-state index in [0.717, 1.165) is 0 Å². The number of halogens is 1. The number of hydrogen-bond acceptors (Lipinski definition) is 3. The molecule has 1 aromatic rings. The molecule has 1 unspecified atom stereocenters. The summed E-state index contributed by atoms with van der Waals surface area (Å²) in [6, 6.07) is 4.01. The minimum absolute atomic E-state index is 0.392.